The van der Waals surface area contributed by atoms with Crippen molar-refractivity contribution < 1.29 is 4.79 Å². The maximum atomic E-state index is 11.3. The van der Waals surface area contributed by atoms with Crippen LogP contribution in [0.4, 0.5) is 0 Å². The second kappa shape index (κ2) is 5.79. The smallest absolute Gasteiger partial charge is 0.299 e. The zero-order chi connectivity index (χ0) is 11.3. The molecule has 1 aromatic carbocycles. The van der Waals surface area contributed by atoms with E-state index in [0.29, 0.717) is 11.6 Å². The minimum absolute atomic E-state index is 0.221. The molecular weight excluding hydrogens is 277 g/mol. The van der Waals surface area contributed by atoms with E-state index in [0.717, 1.165) is 5.56 Å². The highest BCUT2D eigenvalue weighted by Gasteiger charge is 2.05. The highest BCUT2D eigenvalue weighted by molar-refractivity contribution is 9.12. The Morgan fingerprint density at radius 1 is 1.47 bits per heavy atom. The number of carbonyl (C=O) groups is 1. The van der Waals surface area contributed by atoms with E-state index in [1.807, 2.05) is 12.1 Å². The molecule has 15 heavy (non-hydrogen) atoms. The molecule has 2 nitrogen and oxygen atoms in total. The summed E-state index contributed by atoms with van der Waals surface area (Å²) in [5.74, 6) is 2.18. The number of hydrogen-bond donors (Lipinski definition) is 0. The third-order valence-electron chi connectivity index (χ3n) is 1.83. The molecule has 0 aliphatic heterocycles. The summed E-state index contributed by atoms with van der Waals surface area (Å²) in [6.07, 6.45) is 0. The van der Waals surface area contributed by atoms with Crippen molar-refractivity contribution in [1.29, 1.82) is 0 Å². The largest absolute Gasteiger partial charge is 0.331 e. The Morgan fingerprint density at radius 3 is 2.60 bits per heavy atom. The Kier molecular flexibility index (Phi) is 4.67. The van der Waals surface area contributed by atoms with Crippen LogP contribution in [-0.2, 0) is 11.3 Å². The second-order valence-corrected chi connectivity index (χ2v) is 3.84. The fraction of sp³-hybridized carbons (Fsp3) is 0.182. The van der Waals surface area contributed by atoms with Gasteiger partial charge in [-0.25, -0.2) is 0 Å². The summed E-state index contributed by atoms with van der Waals surface area (Å²) < 4.78 is 0. The second-order valence-electron chi connectivity index (χ2n) is 3.01. The first kappa shape index (κ1) is 12.1. The van der Waals surface area contributed by atoms with Gasteiger partial charge in [-0.05, 0) is 22.5 Å². The van der Waals surface area contributed by atoms with Crippen molar-refractivity contribution in [3.63, 3.8) is 0 Å². The van der Waals surface area contributed by atoms with E-state index in [4.69, 9.17) is 11.6 Å². The molecule has 0 heterocycles. The van der Waals surface area contributed by atoms with Crippen molar-refractivity contribution in [1.82, 2.24) is 4.90 Å². The van der Waals surface area contributed by atoms with Gasteiger partial charge in [0.15, 0.2) is 0 Å². The van der Waals surface area contributed by atoms with Crippen LogP contribution >= 0.6 is 27.5 Å². The first-order valence-corrected chi connectivity index (χ1v) is 5.42. The topological polar surface area (TPSA) is 20.3 Å². The number of hydrogen-bond acceptors (Lipinski definition) is 1. The molecule has 0 saturated carbocycles. The van der Waals surface area contributed by atoms with Gasteiger partial charge < -0.3 is 4.90 Å². The SMILES string of the molecule is CN(Cc1ccc(Cl)cc1)C(=O)C#CBr. The van der Waals surface area contributed by atoms with E-state index in [1.54, 1.807) is 19.2 Å². The molecule has 0 atom stereocenters. The van der Waals surface area contributed by atoms with Gasteiger partial charge in [0.2, 0.25) is 0 Å². The fourth-order valence-electron chi connectivity index (χ4n) is 1.07. The van der Waals surface area contributed by atoms with Crippen LogP contribution in [-0.4, -0.2) is 17.9 Å². The number of benzene rings is 1. The number of carbonyl (C=O) groups excluding carboxylic acids is 1. The van der Waals surface area contributed by atoms with Crippen LogP contribution in [0.25, 0.3) is 0 Å². The van der Waals surface area contributed by atoms with Crippen LogP contribution < -0.4 is 0 Å². The van der Waals surface area contributed by atoms with Crippen LogP contribution in [0, 0.1) is 10.8 Å². The number of amides is 1. The Hall–Kier alpha value is -0.980. The zero-order valence-corrected chi connectivity index (χ0v) is 10.5. The summed E-state index contributed by atoms with van der Waals surface area (Å²) in [5.41, 5.74) is 1.02. The molecule has 0 radical (unpaired) electrons. The lowest BCUT2D eigenvalue weighted by Gasteiger charge is -2.13. The molecule has 0 bridgehead atoms. The predicted molar refractivity (Wildman–Crippen MR) is 64.6 cm³/mol. The third-order valence-corrected chi connectivity index (χ3v) is 2.28. The van der Waals surface area contributed by atoms with Crippen molar-refractivity contribution in [2.45, 2.75) is 6.54 Å². The Labute approximate surface area is 102 Å². The van der Waals surface area contributed by atoms with E-state index in [1.165, 1.54) is 4.90 Å². The van der Waals surface area contributed by atoms with Crippen molar-refractivity contribution in [2.75, 3.05) is 7.05 Å². The third kappa shape index (κ3) is 3.94. The van der Waals surface area contributed by atoms with Crippen molar-refractivity contribution >= 4 is 33.4 Å². The molecule has 0 unspecified atom stereocenters. The summed E-state index contributed by atoms with van der Waals surface area (Å²) in [5, 5.41) is 0.688. The molecule has 78 valence electrons. The summed E-state index contributed by atoms with van der Waals surface area (Å²) in [6, 6.07) is 7.36. The molecule has 0 spiro atoms. The van der Waals surface area contributed by atoms with E-state index >= 15 is 0 Å². The summed E-state index contributed by atoms with van der Waals surface area (Å²) >= 11 is 8.64. The average molecular weight is 287 g/mol. The summed E-state index contributed by atoms with van der Waals surface area (Å²) in [6.45, 7) is 0.525. The molecule has 1 aromatic rings. The first-order valence-electron chi connectivity index (χ1n) is 4.24. The van der Waals surface area contributed by atoms with Gasteiger partial charge in [-0.15, -0.1) is 0 Å². The van der Waals surface area contributed by atoms with Gasteiger partial charge in [0, 0.05) is 40.5 Å². The average Bonchev–Trinajstić information content (AvgIpc) is 2.22. The van der Waals surface area contributed by atoms with E-state index in [-0.39, 0.29) is 5.91 Å². The fourth-order valence-corrected chi connectivity index (χ4v) is 1.37. The number of rotatable bonds is 2. The molecule has 0 fully saturated rings. The van der Waals surface area contributed by atoms with Gasteiger partial charge in [-0.2, -0.15) is 0 Å². The van der Waals surface area contributed by atoms with Crippen LogP contribution in [0.1, 0.15) is 5.56 Å². The Morgan fingerprint density at radius 2 is 2.07 bits per heavy atom. The minimum Gasteiger partial charge on any atom is -0.331 e. The Bertz CT molecular complexity index is 405. The van der Waals surface area contributed by atoms with Gasteiger partial charge in [0.05, 0.1) is 0 Å². The lowest BCUT2D eigenvalue weighted by Crippen LogP contribution is -2.24. The normalized spacial score (nSPS) is 9.00. The molecular formula is C11H9BrClNO. The molecule has 1 amide bonds. The zero-order valence-electron chi connectivity index (χ0n) is 8.13. The monoisotopic (exact) mass is 285 g/mol. The van der Waals surface area contributed by atoms with Crippen molar-refractivity contribution in [3.05, 3.63) is 34.9 Å². The molecule has 0 saturated heterocycles. The van der Waals surface area contributed by atoms with Gasteiger partial charge in [-0.1, -0.05) is 23.7 Å². The predicted octanol–water partition coefficient (Wildman–Crippen LogP) is 2.65. The highest BCUT2D eigenvalue weighted by atomic mass is 79.9. The minimum atomic E-state index is -0.221. The van der Waals surface area contributed by atoms with Crippen LogP contribution in [0.5, 0.6) is 0 Å². The van der Waals surface area contributed by atoms with Gasteiger partial charge in [-0.3, -0.25) is 4.79 Å². The molecule has 0 aromatic heterocycles. The highest BCUT2D eigenvalue weighted by Crippen LogP contribution is 2.10. The van der Waals surface area contributed by atoms with E-state index in [2.05, 4.69) is 26.7 Å². The Balaban J connectivity index is 2.64. The van der Waals surface area contributed by atoms with Crippen molar-refractivity contribution in [3.8, 4) is 10.8 Å². The van der Waals surface area contributed by atoms with Gasteiger partial charge >= 0.3 is 0 Å². The van der Waals surface area contributed by atoms with Crippen molar-refractivity contribution in [2.24, 2.45) is 0 Å². The summed E-state index contributed by atoms with van der Waals surface area (Å²) in [7, 11) is 1.70. The number of halogens is 2. The van der Waals surface area contributed by atoms with Gasteiger partial charge in [0.25, 0.3) is 5.91 Å². The quantitative estimate of drug-likeness (QED) is 0.766. The molecule has 1 rings (SSSR count). The first-order chi connectivity index (χ1) is 7.13. The maximum Gasteiger partial charge on any atom is 0.299 e. The maximum absolute atomic E-state index is 11.3. The van der Waals surface area contributed by atoms with Gasteiger partial charge in [0.1, 0.15) is 0 Å². The molecule has 0 aliphatic rings. The lowest BCUT2D eigenvalue weighted by molar-refractivity contribution is -0.124. The van der Waals surface area contributed by atoms with E-state index < -0.39 is 0 Å². The lowest BCUT2D eigenvalue weighted by atomic mass is 10.2. The molecule has 0 aliphatic carbocycles. The summed E-state index contributed by atoms with van der Waals surface area (Å²) in [4.78, 5) is 15.2. The van der Waals surface area contributed by atoms with Crippen LogP contribution in [0.15, 0.2) is 24.3 Å². The molecule has 4 heteroatoms. The van der Waals surface area contributed by atoms with Crippen LogP contribution in [0.2, 0.25) is 5.02 Å². The molecule has 0 N–H and O–H groups in total. The van der Waals surface area contributed by atoms with E-state index in [9.17, 15) is 4.79 Å². The standard InChI is InChI=1S/C11H9BrClNO/c1-14(11(15)6-7-12)8-9-2-4-10(13)5-3-9/h2-5H,8H2,1H3. The van der Waals surface area contributed by atoms with Crippen LogP contribution in [0.3, 0.4) is 0 Å². The number of nitrogens with zero attached hydrogens (tertiary/aromatic N) is 1.